The van der Waals surface area contributed by atoms with Crippen molar-refractivity contribution in [2.24, 2.45) is 0 Å². The molecule has 0 aromatic heterocycles. The van der Waals surface area contributed by atoms with Crippen molar-refractivity contribution in [2.75, 3.05) is 52.5 Å². The molecule has 12 heteroatoms. The molecule has 3 atom stereocenters. The molecule has 1 aliphatic rings. The van der Waals surface area contributed by atoms with Gasteiger partial charge in [-0.25, -0.2) is 0 Å². The van der Waals surface area contributed by atoms with E-state index in [1.54, 1.807) is 12.1 Å². The first-order valence-electron chi connectivity index (χ1n) is 13.3. The van der Waals surface area contributed by atoms with Crippen molar-refractivity contribution in [3.05, 3.63) is 29.3 Å². The number of aliphatic hydroxyl groups is 2. The summed E-state index contributed by atoms with van der Waals surface area (Å²) in [6, 6.07) is 4.38. The van der Waals surface area contributed by atoms with Crippen molar-refractivity contribution in [1.82, 2.24) is 0 Å². The summed E-state index contributed by atoms with van der Waals surface area (Å²) in [5.74, 6) is -4.07. The molecule has 0 aliphatic heterocycles. The molecule has 1 fully saturated rings. The Morgan fingerprint density at radius 1 is 0.816 bits per heavy atom. The van der Waals surface area contributed by atoms with Gasteiger partial charge < -0.3 is 59.7 Å². The average molecular weight is 540 g/mol. The largest absolute Gasteiger partial charge is 0.544 e. The standard InChI is InChI=1S/C26H41N3O9/c30-12-10-27(11-13-31)9-3-4-19-7-8-23(32)20(14-19)15-28(16-24(33)34)21-5-1-2-6-22(21)29(17-25(35)36)18-26(37)38/h7-8,14,21-22,30-32H,1-6,9-13,15-18H2,(H,33,34)(H,35,36)(H,37,38). The Bertz CT molecular complexity index is 892. The number of benzene rings is 1. The Labute approximate surface area is 222 Å². The normalized spacial score (nSPS) is 18.5. The number of phenolic OH excluding ortho intramolecular Hbond substituents is 1. The minimum absolute atomic E-state index is 0.0124. The second-order valence-corrected chi connectivity index (χ2v) is 10.2. The lowest BCUT2D eigenvalue weighted by atomic mass is 9.87. The monoisotopic (exact) mass is 539 g/mol. The third-order valence-corrected chi connectivity index (χ3v) is 7.42. The van der Waals surface area contributed by atoms with Crippen molar-refractivity contribution in [3.8, 4) is 5.75 Å². The number of carbonyl (C=O) groups excluding carboxylic acids is 3. The van der Waals surface area contributed by atoms with Crippen molar-refractivity contribution in [2.45, 2.75) is 57.2 Å². The molecule has 0 heterocycles. The Hall–Kier alpha value is -2.77. The second kappa shape index (κ2) is 16.2. The summed E-state index contributed by atoms with van der Waals surface area (Å²) in [5, 5.41) is 63.3. The van der Waals surface area contributed by atoms with Gasteiger partial charge in [0.25, 0.3) is 0 Å². The number of hydrogen-bond acceptors (Lipinski definition) is 9. The lowest BCUT2D eigenvalue weighted by Crippen LogP contribution is -3.27. The smallest absolute Gasteiger partial charge is 0.140 e. The molecule has 38 heavy (non-hydrogen) atoms. The molecular weight excluding hydrogens is 498 g/mol. The van der Waals surface area contributed by atoms with E-state index in [1.165, 1.54) is 0 Å². The summed E-state index contributed by atoms with van der Waals surface area (Å²) in [4.78, 5) is 36.3. The first-order chi connectivity index (χ1) is 18.1. The zero-order chi connectivity index (χ0) is 28.1. The number of hydrogen-bond donors (Lipinski definition) is 6. The highest BCUT2D eigenvalue weighted by Crippen LogP contribution is 2.20. The van der Waals surface area contributed by atoms with Crippen LogP contribution in [0.5, 0.6) is 5.75 Å². The van der Waals surface area contributed by atoms with Gasteiger partial charge in [0.1, 0.15) is 57.1 Å². The van der Waals surface area contributed by atoms with Crippen LogP contribution in [0, 0.1) is 0 Å². The van der Waals surface area contributed by atoms with Gasteiger partial charge in [-0.15, -0.1) is 0 Å². The van der Waals surface area contributed by atoms with Gasteiger partial charge in [0, 0.05) is 24.8 Å². The molecule has 12 nitrogen and oxygen atoms in total. The number of rotatable bonds is 18. The van der Waals surface area contributed by atoms with E-state index in [0.717, 1.165) is 36.3 Å². The lowest BCUT2D eigenvalue weighted by molar-refractivity contribution is -0.995. The third-order valence-electron chi connectivity index (χ3n) is 7.42. The van der Waals surface area contributed by atoms with Gasteiger partial charge in [-0.05, 0) is 37.0 Å². The highest BCUT2D eigenvalue weighted by atomic mass is 16.4. The first-order valence-corrected chi connectivity index (χ1v) is 13.3. The average Bonchev–Trinajstić information content (AvgIpc) is 2.84. The van der Waals surface area contributed by atoms with Crippen LogP contribution in [0.3, 0.4) is 0 Å². The highest BCUT2D eigenvalue weighted by Gasteiger charge is 2.40. The molecule has 1 aliphatic carbocycles. The molecule has 6 N–H and O–H groups in total. The Kier molecular flexibility index (Phi) is 13.4. The van der Waals surface area contributed by atoms with E-state index in [9.17, 15) is 45.0 Å². The van der Waals surface area contributed by atoms with Crippen molar-refractivity contribution >= 4 is 17.9 Å². The predicted octanol–water partition coefficient (Wildman–Crippen LogP) is -7.98. The number of carboxylic acid groups (broad SMARTS) is 3. The van der Waals surface area contributed by atoms with Crippen LogP contribution in [-0.2, 0) is 27.3 Å². The molecule has 0 bridgehead atoms. The zero-order valence-corrected chi connectivity index (χ0v) is 21.8. The molecule has 0 amide bonds. The van der Waals surface area contributed by atoms with Crippen LogP contribution >= 0.6 is 0 Å². The Morgan fingerprint density at radius 2 is 1.34 bits per heavy atom. The maximum Gasteiger partial charge on any atom is 0.140 e. The quantitative estimate of drug-likeness (QED) is 0.105. The fraction of sp³-hybridized carbons (Fsp3) is 0.654. The summed E-state index contributed by atoms with van der Waals surface area (Å²) in [6.07, 6.45) is 4.12. The summed E-state index contributed by atoms with van der Waals surface area (Å²) < 4.78 is 0. The Morgan fingerprint density at radius 3 is 1.87 bits per heavy atom. The van der Waals surface area contributed by atoms with Crippen LogP contribution in [0.15, 0.2) is 18.2 Å². The SMILES string of the molecule is O=C([O-])C[NH+](CC(=O)[O-])C1CCCCC1[NH+](CC(=O)[O-])Cc1cc(CCC[NH+](CCO)CCO)ccc1O. The summed E-state index contributed by atoms with van der Waals surface area (Å²) in [7, 11) is 0. The minimum Gasteiger partial charge on any atom is -0.544 e. The van der Waals surface area contributed by atoms with Crippen LogP contribution in [0.25, 0.3) is 0 Å². The molecule has 214 valence electrons. The summed E-state index contributed by atoms with van der Waals surface area (Å²) >= 11 is 0. The van der Waals surface area contributed by atoms with Gasteiger partial charge in [-0.2, -0.15) is 0 Å². The number of phenols is 1. The molecule has 2 rings (SSSR count). The maximum atomic E-state index is 11.7. The number of nitrogens with one attached hydrogen (secondary N) is 3. The third kappa shape index (κ3) is 10.5. The molecular formula is C26H41N3O9. The Balaban J connectivity index is 2.23. The van der Waals surface area contributed by atoms with Gasteiger partial charge in [-0.1, -0.05) is 6.07 Å². The zero-order valence-electron chi connectivity index (χ0n) is 21.8. The van der Waals surface area contributed by atoms with Gasteiger partial charge in [0.05, 0.1) is 37.7 Å². The molecule has 0 spiro atoms. The number of quaternary nitrogens is 3. The van der Waals surface area contributed by atoms with E-state index in [0.29, 0.717) is 42.8 Å². The predicted molar refractivity (Wildman–Crippen MR) is 127 cm³/mol. The summed E-state index contributed by atoms with van der Waals surface area (Å²) in [5.41, 5.74) is 1.48. The number of aliphatic hydroxyl groups excluding tert-OH is 2. The van der Waals surface area contributed by atoms with Crippen LogP contribution in [-0.4, -0.2) is 97.8 Å². The number of aliphatic carboxylic acids is 3. The molecule has 1 aromatic rings. The number of aryl methyl sites for hydroxylation is 1. The second-order valence-electron chi connectivity index (χ2n) is 10.2. The van der Waals surface area contributed by atoms with Crippen LogP contribution in [0.2, 0.25) is 0 Å². The van der Waals surface area contributed by atoms with Crippen molar-refractivity contribution < 1.29 is 59.7 Å². The van der Waals surface area contributed by atoms with E-state index >= 15 is 0 Å². The van der Waals surface area contributed by atoms with E-state index in [1.807, 2.05) is 6.07 Å². The van der Waals surface area contributed by atoms with Gasteiger partial charge in [0.15, 0.2) is 0 Å². The fourth-order valence-corrected chi connectivity index (χ4v) is 5.73. The number of aromatic hydroxyl groups is 1. The number of carboxylic acids is 3. The lowest BCUT2D eigenvalue weighted by Gasteiger charge is -2.41. The van der Waals surface area contributed by atoms with Gasteiger partial charge >= 0.3 is 0 Å². The topological polar surface area (TPSA) is 194 Å². The summed E-state index contributed by atoms with van der Waals surface area (Å²) in [6.45, 7) is 0.603. The molecule has 0 saturated heterocycles. The van der Waals surface area contributed by atoms with Crippen LogP contribution in [0.4, 0.5) is 0 Å². The van der Waals surface area contributed by atoms with E-state index in [4.69, 9.17) is 0 Å². The van der Waals surface area contributed by atoms with Crippen LogP contribution in [0.1, 0.15) is 43.2 Å². The molecule has 0 radical (unpaired) electrons. The van der Waals surface area contributed by atoms with Gasteiger partial charge in [0.2, 0.25) is 0 Å². The van der Waals surface area contributed by atoms with Crippen LogP contribution < -0.4 is 30.0 Å². The van der Waals surface area contributed by atoms with E-state index in [2.05, 4.69) is 0 Å². The van der Waals surface area contributed by atoms with Crippen molar-refractivity contribution in [3.63, 3.8) is 0 Å². The maximum absolute atomic E-state index is 11.7. The first kappa shape index (κ1) is 31.4. The minimum atomic E-state index is -1.39. The fourth-order valence-electron chi connectivity index (χ4n) is 5.73. The molecule has 1 saturated carbocycles. The van der Waals surface area contributed by atoms with Gasteiger partial charge in [-0.3, -0.25) is 0 Å². The van der Waals surface area contributed by atoms with E-state index < -0.39 is 37.0 Å². The molecule has 1 aromatic carbocycles. The van der Waals surface area contributed by atoms with Crippen molar-refractivity contribution in [1.29, 1.82) is 0 Å². The number of carbonyl (C=O) groups is 3. The molecule has 3 unspecified atom stereocenters. The highest BCUT2D eigenvalue weighted by molar-refractivity contribution is 5.67. The van der Waals surface area contributed by atoms with E-state index in [-0.39, 0.29) is 43.0 Å².